The smallest absolute Gasteiger partial charge is 0.268 e. The molecule has 5 aromatic rings. The zero-order valence-corrected chi connectivity index (χ0v) is 50.2. The minimum atomic E-state index is -3.33. The van der Waals surface area contributed by atoms with Crippen LogP contribution in [0.3, 0.4) is 0 Å². The lowest BCUT2D eigenvalue weighted by molar-refractivity contribution is -0.290. The zero-order valence-electron chi connectivity index (χ0n) is 47.7. The van der Waals surface area contributed by atoms with Gasteiger partial charge >= 0.3 is 0 Å². The number of aliphatic hydroxyl groups is 1. The monoisotopic (exact) mass is 1210 g/mol. The molecule has 7 amide bonds. The van der Waals surface area contributed by atoms with Crippen molar-refractivity contribution >= 4 is 88.7 Å². The van der Waals surface area contributed by atoms with E-state index in [0.717, 1.165) is 33.7 Å². The van der Waals surface area contributed by atoms with Gasteiger partial charge in [0.15, 0.2) is 0 Å². The Morgan fingerprint density at radius 3 is 2.38 bits per heavy atom. The van der Waals surface area contributed by atoms with Crippen molar-refractivity contribution < 1.29 is 58.3 Å². The number of amides is 7. The zero-order chi connectivity index (χ0) is 60.6. The van der Waals surface area contributed by atoms with Crippen molar-refractivity contribution in [3.05, 3.63) is 105 Å². The van der Waals surface area contributed by atoms with Gasteiger partial charge < -0.3 is 66.5 Å². The highest BCUT2D eigenvalue weighted by molar-refractivity contribution is 7.44. The van der Waals surface area contributed by atoms with Crippen LogP contribution in [0.4, 0.5) is 0 Å². The first-order valence-electron chi connectivity index (χ1n) is 28.5. The normalized spacial score (nSPS) is 20.0. The molecule has 3 fully saturated rings. The Labute approximate surface area is 498 Å². The van der Waals surface area contributed by atoms with E-state index in [4.69, 9.17) is 22.1 Å². The standard InChI is InChI=1S/C60H75ClN9O12PS/c1-33(35-17-19-37(20-18-35)52-34(2)63-32-84-52)64-56(76)47-29-42(71)30-69(47)58(78)53(60(3,4)5)68-50(73)16-9-6-11-36-12-10-15-48(51(36)61)82-31-40(22-26-49(62)72)65-55(75)46-25-23-41-13-7-8-14-44(57(77)70(41)46)67-54(74)45-28-39-27-38(59(79)83(80)81)21-24-43(39)66-45/h10,12,15,17-21,24,27-28,32-33,40-42,44,46-47,53,66,71,79H,6-9,11,13-14,16,22-23,25-26,29-31H2,1-5H3,(H2,62,72)(H,64,76)(H,65,75)(H,67,74)(H,68,73)(H,80,81)/p-2/t33-,40-,41-,42+,44-,46-,47-,53?/m0/s1. The van der Waals surface area contributed by atoms with Crippen LogP contribution in [0.25, 0.3) is 21.3 Å². The highest BCUT2D eigenvalue weighted by Gasteiger charge is 2.46. The molecule has 2 aromatic heterocycles. The number of fused-ring (bicyclic) bond motifs is 2. The van der Waals surface area contributed by atoms with Crippen molar-refractivity contribution in [2.75, 3.05) is 13.2 Å². The topological polar surface area (TPSA) is 327 Å². The van der Waals surface area contributed by atoms with Crippen molar-refractivity contribution in [2.24, 2.45) is 11.1 Å². The molecule has 3 saturated heterocycles. The fraction of sp³-hybridized carbons (Fsp3) is 0.483. The van der Waals surface area contributed by atoms with Gasteiger partial charge in [-0.1, -0.05) is 87.7 Å². The predicted molar refractivity (Wildman–Crippen MR) is 314 cm³/mol. The number of carbonyl (C=O) groups excluding carboxylic acids is 7. The van der Waals surface area contributed by atoms with Gasteiger partial charge in [-0.05, 0) is 120 Å². The number of hydrogen-bond acceptors (Lipinski definition) is 14. The third-order valence-electron chi connectivity index (χ3n) is 16.0. The van der Waals surface area contributed by atoms with Crippen LogP contribution in [0.15, 0.2) is 72.2 Å². The van der Waals surface area contributed by atoms with Crippen molar-refractivity contribution in [3.8, 4) is 16.2 Å². The maximum absolute atomic E-state index is 14.4. The second kappa shape index (κ2) is 27.9. The number of unbranched alkanes of at least 4 members (excludes halogenated alkanes) is 1. The van der Waals surface area contributed by atoms with Crippen molar-refractivity contribution in [3.63, 3.8) is 0 Å². The van der Waals surface area contributed by atoms with Crippen LogP contribution in [-0.4, -0.2) is 127 Å². The number of aromatic amines is 1. The van der Waals surface area contributed by atoms with Gasteiger partial charge in [0.05, 0.1) is 39.3 Å². The van der Waals surface area contributed by atoms with Crippen LogP contribution in [0, 0.1) is 12.3 Å². The van der Waals surface area contributed by atoms with Crippen LogP contribution >= 0.6 is 30.9 Å². The fourth-order valence-electron chi connectivity index (χ4n) is 11.4. The minimum absolute atomic E-state index is 0.0490. The Balaban J connectivity index is 0.832. The number of carbonyl (C=O) groups is 7. The number of nitrogens with zero attached hydrogens (tertiary/aromatic N) is 3. The number of rotatable bonds is 22. The summed E-state index contributed by atoms with van der Waals surface area (Å²) in [5, 5.41) is 35.4. The van der Waals surface area contributed by atoms with E-state index in [2.05, 4.69) is 31.2 Å². The summed E-state index contributed by atoms with van der Waals surface area (Å²) in [6.07, 6.45) is 4.07. The molecule has 8 atom stereocenters. The summed E-state index contributed by atoms with van der Waals surface area (Å²) < 4.78 is 6.21. The number of β-amino-alcohol motifs (C(OH)–C–C–N with tert-alkyl or cyclic N) is 1. The van der Waals surface area contributed by atoms with Crippen LogP contribution < -0.4 is 46.6 Å². The van der Waals surface area contributed by atoms with Gasteiger partial charge in [0.25, 0.3) is 5.91 Å². The second-order valence-electron chi connectivity index (χ2n) is 23.2. The van der Waals surface area contributed by atoms with Gasteiger partial charge in [-0.15, -0.1) is 11.3 Å². The molecule has 0 radical (unpaired) electrons. The number of halogens is 1. The Kier molecular flexibility index (Phi) is 21.0. The Hall–Kier alpha value is -6.78. The number of primary amides is 1. The van der Waals surface area contributed by atoms with Gasteiger partial charge in [0.2, 0.25) is 35.4 Å². The highest BCUT2D eigenvalue weighted by atomic mass is 35.5. The first-order chi connectivity index (χ1) is 40.0. The number of likely N-dealkylation sites (tertiary alicyclic amines) is 1. The summed E-state index contributed by atoms with van der Waals surface area (Å²) in [7, 11) is -3.33. The van der Waals surface area contributed by atoms with E-state index >= 15 is 0 Å². The van der Waals surface area contributed by atoms with Gasteiger partial charge in [-0.25, -0.2) is 4.98 Å². The third kappa shape index (κ3) is 15.6. The Morgan fingerprint density at radius 1 is 0.940 bits per heavy atom. The van der Waals surface area contributed by atoms with E-state index in [1.54, 1.807) is 33.9 Å². The number of aliphatic hydroxyl groups excluding tert-OH is 1. The number of thiazole rings is 1. The second-order valence-corrected chi connectivity index (χ2v) is 25.3. The number of benzene rings is 3. The van der Waals surface area contributed by atoms with Gasteiger partial charge in [-0.2, -0.15) is 0 Å². The lowest BCUT2D eigenvalue weighted by atomic mass is 9.85. The van der Waals surface area contributed by atoms with E-state index in [0.29, 0.717) is 73.0 Å². The number of nitrogens with two attached hydrogens (primary N) is 1. The molecule has 0 aliphatic carbocycles. The van der Waals surface area contributed by atoms with Gasteiger partial charge in [0.1, 0.15) is 42.2 Å². The molecule has 8 rings (SSSR count). The van der Waals surface area contributed by atoms with Crippen LogP contribution in [0.2, 0.25) is 5.02 Å². The van der Waals surface area contributed by atoms with Crippen molar-refractivity contribution in [1.82, 2.24) is 41.0 Å². The molecular weight excluding hydrogens is 1140 g/mol. The SMILES string of the molecule is Cc1ncsc1-c1ccc([C@H](C)NC(=O)[C@@H]2C[C@@H](O)CN2C(=O)C(NC(=O)CCCCc2cccc(OC[C@H](CCC(N)=O)NC(=O)[C@@H]3CC[C@@H]4CCCC[C@H](NC(=O)c5cc6cc(C([O-])=[P+]([O-])[O-])ccc6[nH]5)C(=O)N43)c2Cl)C(C)(C)C)cc1. The Morgan fingerprint density at radius 2 is 1.68 bits per heavy atom. The third-order valence-corrected chi connectivity index (χ3v) is 17.9. The minimum Gasteiger partial charge on any atom is -0.792 e. The molecule has 3 aliphatic heterocycles. The first-order valence-corrected chi connectivity index (χ1v) is 30.9. The number of nitrogens with one attached hydrogen (secondary N) is 5. The van der Waals surface area contributed by atoms with E-state index in [1.807, 2.05) is 65.0 Å². The summed E-state index contributed by atoms with van der Waals surface area (Å²) in [6.45, 7) is 9.15. The number of ether oxygens (including phenoxy) is 1. The maximum atomic E-state index is 14.4. The summed E-state index contributed by atoms with van der Waals surface area (Å²) >= 11 is 8.47. The number of hydrogen-bond donors (Lipinski definition) is 7. The molecule has 1 unspecified atom stereocenters. The van der Waals surface area contributed by atoms with E-state index < -0.39 is 90.6 Å². The summed E-state index contributed by atoms with van der Waals surface area (Å²) in [6, 6.07) is 13.7. The maximum Gasteiger partial charge on any atom is 0.268 e. The first kappa shape index (κ1) is 63.2. The largest absolute Gasteiger partial charge is 0.792 e. The molecule has 0 spiro atoms. The van der Waals surface area contributed by atoms with E-state index in [9.17, 15) is 53.6 Å². The van der Waals surface area contributed by atoms with Crippen LogP contribution in [0.5, 0.6) is 5.75 Å². The molecular formula is C60H73ClN9O12PS-2. The van der Waals surface area contributed by atoms with Crippen molar-refractivity contribution in [2.45, 2.75) is 166 Å². The highest BCUT2D eigenvalue weighted by Crippen LogP contribution is 2.34. The average molecular weight is 1210 g/mol. The molecule has 21 nitrogen and oxygen atoms in total. The molecule has 84 heavy (non-hydrogen) atoms. The van der Waals surface area contributed by atoms with Gasteiger partial charge in [0, 0.05) is 53.8 Å². The average Bonchev–Trinajstić information content (AvgIpc) is 2.47. The summed E-state index contributed by atoms with van der Waals surface area (Å²) in [4.78, 5) is 130. The van der Waals surface area contributed by atoms with E-state index in [-0.39, 0.29) is 68.1 Å². The fourth-order valence-corrected chi connectivity index (χ4v) is 12.8. The molecule has 5 heterocycles. The van der Waals surface area contributed by atoms with Crippen molar-refractivity contribution in [1.29, 1.82) is 0 Å². The summed E-state index contributed by atoms with van der Waals surface area (Å²) in [5.41, 5.74) is 9.65. The lowest BCUT2D eigenvalue weighted by Gasteiger charge is -2.35. The summed E-state index contributed by atoms with van der Waals surface area (Å²) in [5.74, 6) is -2.93. The van der Waals surface area contributed by atoms with Crippen LogP contribution in [0.1, 0.15) is 144 Å². The van der Waals surface area contributed by atoms with Gasteiger partial charge in [-0.3, -0.25) is 33.6 Å². The number of aryl methyl sites for hydroxylation is 2. The van der Waals surface area contributed by atoms with Crippen LogP contribution in [-0.2, 0) is 35.2 Å². The molecule has 450 valence electrons. The molecule has 0 bridgehead atoms. The molecule has 3 aliphatic rings. The quantitative estimate of drug-likeness (QED) is 0.0380. The van der Waals surface area contributed by atoms with E-state index in [1.165, 1.54) is 29.2 Å². The number of H-pyrrole nitrogens is 1. The number of aromatic nitrogens is 2. The molecule has 3 aromatic carbocycles. The molecule has 0 saturated carbocycles. The predicted octanol–water partition coefficient (Wildman–Crippen LogP) is 4.07. The lowest BCUT2D eigenvalue weighted by Crippen LogP contribution is -2.57. The Bertz CT molecular complexity index is 3270. The molecule has 8 N–H and O–H groups in total. The molecule has 24 heteroatoms.